The first-order valence-corrected chi connectivity index (χ1v) is 20.2. The van der Waals surface area contributed by atoms with Crippen molar-refractivity contribution in [2.75, 3.05) is 0 Å². The number of para-hydroxylation sites is 1. The van der Waals surface area contributed by atoms with Crippen LogP contribution in [0.1, 0.15) is 145 Å². The number of nitrogens with zero attached hydrogens (tertiary/aromatic N) is 3. The van der Waals surface area contributed by atoms with Gasteiger partial charge in [0.1, 0.15) is 11.6 Å². The summed E-state index contributed by atoms with van der Waals surface area (Å²) in [7, 11) is 0. The van der Waals surface area contributed by atoms with E-state index in [2.05, 4.69) is 11.1 Å². The van der Waals surface area contributed by atoms with Gasteiger partial charge in [0.05, 0.1) is 31.9 Å². The van der Waals surface area contributed by atoms with E-state index in [1.54, 1.807) is 78.2 Å². The van der Waals surface area contributed by atoms with E-state index in [1.807, 2.05) is 47.6 Å². The Morgan fingerprint density at radius 3 is 1.91 bits per heavy atom. The molecule has 0 aliphatic heterocycles. The second-order valence-electron chi connectivity index (χ2n) is 17.9. The number of rotatable bonds is 6. The summed E-state index contributed by atoms with van der Waals surface area (Å²) in [6.45, 7) is -9.53. The van der Waals surface area contributed by atoms with Gasteiger partial charge >= 0.3 is 0 Å². The molecule has 5 heteroatoms. The van der Waals surface area contributed by atoms with Gasteiger partial charge < -0.3 is 5.11 Å². The van der Waals surface area contributed by atoms with Gasteiger partial charge in [0.2, 0.25) is 0 Å². The van der Waals surface area contributed by atoms with E-state index in [-0.39, 0.29) is 71.8 Å². The number of phenols is 1. The van der Waals surface area contributed by atoms with Crippen molar-refractivity contribution in [2.45, 2.75) is 111 Å². The molecule has 0 aliphatic carbocycles. The molecule has 0 radical (unpaired) electrons. The molecule has 4 nitrogen and oxygen atoms in total. The predicted molar refractivity (Wildman–Crippen MR) is 266 cm³/mol. The molecular weight excluding hydrogens is 962 g/mol. The second kappa shape index (κ2) is 17.1. The summed E-state index contributed by atoms with van der Waals surface area (Å²) < 4.78 is 218. The van der Waals surface area contributed by atoms with Gasteiger partial charge in [-0.1, -0.05) is 179 Å². The molecule has 8 aromatic rings. The zero-order chi connectivity index (χ0) is 66.3. The minimum Gasteiger partial charge on any atom is -0.507 e. The maximum Gasteiger partial charge on any atom is 0.148 e. The van der Waals surface area contributed by atoms with E-state index in [0.29, 0.717) is 27.8 Å². The van der Waals surface area contributed by atoms with Gasteiger partial charge in [0.25, 0.3) is 0 Å². The monoisotopic (exact) mass is 1050 g/mol. The summed E-state index contributed by atoms with van der Waals surface area (Å²) in [5.41, 5.74) is -8.48. The van der Waals surface area contributed by atoms with Crippen LogP contribution in [0.2, 0.25) is 0 Å². The van der Waals surface area contributed by atoms with Gasteiger partial charge in [-0.2, -0.15) is 0 Å². The van der Waals surface area contributed by atoms with Crippen LogP contribution in [0.15, 0.2) is 133 Å². The Labute approximate surface area is 431 Å². The first kappa shape index (κ1) is 24.1. The second-order valence-corrected chi connectivity index (χ2v) is 17.9. The first-order chi connectivity index (χ1) is 40.0. The summed E-state index contributed by atoms with van der Waals surface area (Å²) in [5.74, 6) is -0.0559. The molecule has 330 valence electrons. The number of aromatic nitrogens is 3. The van der Waals surface area contributed by atoms with Crippen LogP contribution in [0, 0.1) is 13.0 Å². The van der Waals surface area contributed by atoms with E-state index >= 15 is 0 Å². The van der Waals surface area contributed by atoms with Crippen LogP contribution in [0.25, 0.3) is 72.7 Å². The molecular formula is C59H62N3OPt-. The normalized spacial score (nSPS) is 19.3. The average Bonchev–Trinajstić information content (AvgIpc) is 1.11. The number of hydrogen-bond donors (Lipinski definition) is 1. The number of aromatic hydroxyl groups is 1. The van der Waals surface area contributed by atoms with Crippen LogP contribution in [0.5, 0.6) is 5.75 Å². The number of imidazole rings is 1. The minimum atomic E-state index is -3.98. The molecule has 0 aliphatic rings. The SMILES string of the molecule is [2H]c1nc(-c2[c-]c(-c3cccc4c3nc(-c3cc(C(C)(C)C)cc(C)c3O)n4-c3ccc(C(C([2H])([2H])[2H])(C([2H])([2H])[2H])C([2H])([2H])[2H])cc3-c3ccccc3)cc(C(C)(C)C)c2)c([2H])c(-c2c([2H])c([2H])c(C(C([2H])([2H])[2H])(C([2H])([2H])[2H])C([2H])([2H])[2H])c([2H])c2[2H])c1[2H].[Pt]. The van der Waals surface area contributed by atoms with Crippen molar-refractivity contribution >= 4 is 11.0 Å². The third-order valence-corrected chi connectivity index (χ3v) is 11.0. The van der Waals surface area contributed by atoms with Crippen LogP contribution >= 0.6 is 0 Å². The molecule has 0 bridgehead atoms. The fourth-order valence-corrected chi connectivity index (χ4v) is 7.41. The Balaban J connectivity index is 0.0000113. The Kier molecular flexibility index (Phi) is 6.44. The van der Waals surface area contributed by atoms with E-state index in [9.17, 15) is 9.22 Å². The molecule has 0 spiro atoms. The molecule has 2 heterocycles. The smallest absolute Gasteiger partial charge is 0.148 e. The number of pyridine rings is 1. The van der Waals surface area contributed by atoms with Crippen molar-refractivity contribution in [3.05, 3.63) is 167 Å². The average molecular weight is 1050 g/mol. The zero-order valence-electron chi connectivity index (χ0n) is 61.3. The van der Waals surface area contributed by atoms with E-state index in [1.165, 1.54) is 12.1 Å². The van der Waals surface area contributed by atoms with Gasteiger partial charge in [-0.05, 0) is 97.8 Å². The number of aryl methyl sites for hydroxylation is 1. The third kappa shape index (κ3) is 9.18. The maximum absolute atomic E-state index is 12.2. The molecule has 0 saturated heterocycles. The van der Waals surface area contributed by atoms with E-state index < -0.39 is 127 Å². The van der Waals surface area contributed by atoms with Crippen molar-refractivity contribution in [1.29, 1.82) is 0 Å². The predicted octanol–water partition coefficient (Wildman–Crippen LogP) is 15.8. The third-order valence-electron chi connectivity index (χ3n) is 11.0. The van der Waals surface area contributed by atoms with Crippen LogP contribution in [0.3, 0.4) is 0 Å². The van der Waals surface area contributed by atoms with Crippen molar-refractivity contribution in [1.82, 2.24) is 14.5 Å². The Morgan fingerprint density at radius 2 is 1.23 bits per heavy atom. The van der Waals surface area contributed by atoms with Crippen molar-refractivity contribution < 1.29 is 60.4 Å². The molecule has 2 aromatic heterocycles. The molecule has 1 N–H and O–H groups in total. The van der Waals surface area contributed by atoms with Crippen molar-refractivity contribution in [3.8, 4) is 67.5 Å². The fourth-order valence-electron chi connectivity index (χ4n) is 7.41. The van der Waals surface area contributed by atoms with Crippen LogP contribution in [0.4, 0.5) is 0 Å². The summed E-state index contributed by atoms with van der Waals surface area (Å²) in [5, 5.41) is 12.2. The minimum absolute atomic E-state index is 0. The van der Waals surface area contributed by atoms with Gasteiger partial charge in [-0.15, -0.1) is 29.3 Å². The quantitative estimate of drug-likeness (QED) is 0.169. The van der Waals surface area contributed by atoms with Gasteiger partial charge in [-0.25, -0.2) is 4.98 Å². The van der Waals surface area contributed by atoms with Crippen LogP contribution < -0.4 is 0 Å². The standard InChI is InChI=1S/C59H62N3O.Pt/c1-37-30-45(58(8,9)10)36-49(54(37)63)55-61-53-47(20-17-21-52(53)62(55)51-27-26-44(57(5,6)7)35-48(51)39-18-15-14-16-19-39)41-31-42(33-46(32-41)59(11,12)13)50-34-40(28-29-60-50)38-22-24-43(25-23-38)56(2,3)4;/h14-30,32-36,63H,1-13H3;/q-1;/i2D3,3D3,4D3,5D3,6D3,7D3,22D,23D,24D,25D,28D,29D,34D;. The number of benzene rings is 6. The largest absolute Gasteiger partial charge is 0.507 e. The number of hydrogen-bond acceptors (Lipinski definition) is 3. The maximum atomic E-state index is 12.2. The summed E-state index contributed by atoms with van der Waals surface area (Å²) in [4.78, 5) is 9.63. The molecule has 6 aromatic carbocycles. The summed E-state index contributed by atoms with van der Waals surface area (Å²) in [6.07, 6.45) is -0.841. The van der Waals surface area contributed by atoms with Gasteiger partial charge in [0.15, 0.2) is 0 Å². The Hall–Kier alpha value is -5.57. The number of phenolic OH excluding ortho intramolecular Hbond substituents is 1. The molecule has 0 amide bonds. The molecule has 8 rings (SSSR count). The molecule has 0 atom stereocenters. The van der Waals surface area contributed by atoms with Gasteiger partial charge in [0, 0.05) is 63.2 Å². The summed E-state index contributed by atoms with van der Waals surface area (Å²) in [6, 6.07) is 20.8. The zero-order valence-corrected chi connectivity index (χ0v) is 38.5. The molecule has 64 heavy (non-hydrogen) atoms. The molecule has 0 saturated carbocycles. The Bertz CT molecular complexity index is 3980. The topological polar surface area (TPSA) is 50.9 Å². The Morgan fingerprint density at radius 1 is 0.594 bits per heavy atom. The first-order valence-electron chi connectivity index (χ1n) is 32.7. The van der Waals surface area contributed by atoms with Crippen molar-refractivity contribution in [3.63, 3.8) is 0 Å². The van der Waals surface area contributed by atoms with Gasteiger partial charge in [-0.3, -0.25) is 9.55 Å². The number of fused-ring (bicyclic) bond motifs is 1. The van der Waals surface area contributed by atoms with E-state index in [4.69, 9.17) is 35.1 Å². The van der Waals surface area contributed by atoms with Crippen molar-refractivity contribution in [2.24, 2.45) is 0 Å². The van der Waals surface area contributed by atoms with Crippen LogP contribution in [-0.2, 0) is 42.7 Å². The molecule has 0 fully saturated rings. The van der Waals surface area contributed by atoms with Crippen LogP contribution in [-0.4, -0.2) is 19.6 Å². The fraction of sp³-hybridized carbons (Fsp3) is 0.288. The summed E-state index contributed by atoms with van der Waals surface area (Å²) >= 11 is 0. The molecule has 0 unspecified atom stereocenters. The van der Waals surface area contributed by atoms with E-state index in [0.717, 1.165) is 11.6 Å².